The van der Waals surface area contributed by atoms with E-state index in [1.807, 2.05) is 24.3 Å². The summed E-state index contributed by atoms with van der Waals surface area (Å²) in [5, 5.41) is 3.90. The Labute approximate surface area is 117 Å². The summed E-state index contributed by atoms with van der Waals surface area (Å²) in [6, 6.07) is 7.42. The van der Waals surface area contributed by atoms with Crippen molar-refractivity contribution in [3.63, 3.8) is 0 Å². The van der Waals surface area contributed by atoms with Gasteiger partial charge < -0.3 is 19.7 Å². The van der Waals surface area contributed by atoms with E-state index in [0.717, 1.165) is 11.3 Å². The first-order chi connectivity index (χ1) is 8.78. The van der Waals surface area contributed by atoms with E-state index < -0.39 is 0 Å². The number of aromatic nitrogens is 2. The molecule has 2 aromatic rings. The minimum Gasteiger partial charge on any atom is -0.497 e. The Morgan fingerprint density at radius 3 is 2.79 bits per heavy atom. The molecule has 104 valence electrons. The fourth-order valence-electron chi connectivity index (χ4n) is 1.54. The van der Waals surface area contributed by atoms with Crippen LogP contribution in [0.1, 0.15) is 12.0 Å². The van der Waals surface area contributed by atoms with Crippen LogP contribution in [0.2, 0.25) is 0 Å². The van der Waals surface area contributed by atoms with Gasteiger partial charge in [-0.05, 0) is 12.1 Å². The zero-order chi connectivity index (χ0) is 13.0. The Bertz CT molecular complexity index is 514. The number of hydrogen-bond acceptors (Lipinski definition) is 6. The summed E-state index contributed by atoms with van der Waals surface area (Å²) in [6.45, 7) is 0.288. The lowest BCUT2D eigenvalue weighted by Gasteiger charge is -2.05. The molecule has 0 saturated carbocycles. The van der Waals surface area contributed by atoms with Crippen molar-refractivity contribution in [2.75, 3.05) is 20.8 Å². The minimum absolute atomic E-state index is 0. The highest BCUT2D eigenvalue weighted by molar-refractivity contribution is 5.85. The number of ether oxygens (including phenoxy) is 2. The van der Waals surface area contributed by atoms with Crippen LogP contribution < -0.4 is 10.5 Å². The fourth-order valence-corrected chi connectivity index (χ4v) is 1.54. The molecule has 6 nitrogen and oxygen atoms in total. The number of hydrogen-bond donors (Lipinski definition) is 1. The molecule has 1 atom stereocenters. The maximum atomic E-state index is 5.54. The summed E-state index contributed by atoms with van der Waals surface area (Å²) in [7, 11) is 3.16. The summed E-state index contributed by atoms with van der Waals surface area (Å²) < 4.78 is 15.4. The summed E-state index contributed by atoms with van der Waals surface area (Å²) >= 11 is 0. The van der Waals surface area contributed by atoms with E-state index in [1.54, 1.807) is 14.2 Å². The molecule has 0 aliphatic carbocycles. The van der Waals surface area contributed by atoms with Gasteiger partial charge in [-0.1, -0.05) is 17.3 Å². The molecule has 0 radical (unpaired) electrons. The number of nitrogens with zero attached hydrogens (tertiary/aromatic N) is 2. The number of rotatable bonds is 5. The smallest absolute Gasteiger partial charge is 0.257 e. The molecule has 0 spiro atoms. The van der Waals surface area contributed by atoms with Gasteiger partial charge in [0.2, 0.25) is 5.82 Å². The SMILES string of the molecule is COc1cccc(-c2noc(C(CN)OC)n2)c1.Cl. The third-order valence-electron chi connectivity index (χ3n) is 2.54. The summed E-state index contributed by atoms with van der Waals surface area (Å²) in [6.07, 6.45) is -0.378. The maximum absolute atomic E-state index is 5.54. The fraction of sp³-hybridized carbons (Fsp3) is 0.333. The lowest BCUT2D eigenvalue weighted by Crippen LogP contribution is -2.14. The van der Waals surface area contributed by atoms with Gasteiger partial charge in [0.1, 0.15) is 11.9 Å². The van der Waals surface area contributed by atoms with Gasteiger partial charge in [-0.2, -0.15) is 4.98 Å². The highest BCUT2D eigenvalue weighted by atomic mass is 35.5. The molecule has 2 rings (SSSR count). The number of methoxy groups -OCH3 is 2. The molecule has 1 unspecified atom stereocenters. The molecule has 19 heavy (non-hydrogen) atoms. The van der Waals surface area contributed by atoms with Crippen molar-refractivity contribution in [2.45, 2.75) is 6.10 Å². The molecule has 0 saturated heterocycles. The van der Waals surface area contributed by atoms with Gasteiger partial charge in [-0.25, -0.2) is 0 Å². The van der Waals surface area contributed by atoms with E-state index in [0.29, 0.717) is 11.7 Å². The molecule has 1 aromatic heterocycles. The second kappa shape index (κ2) is 7.08. The monoisotopic (exact) mass is 285 g/mol. The van der Waals surface area contributed by atoms with Gasteiger partial charge in [0, 0.05) is 19.2 Å². The van der Waals surface area contributed by atoms with Crippen LogP contribution in [0, 0.1) is 0 Å². The van der Waals surface area contributed by atoms with Crippen molar-refractivity contribution in [1.29, 1.82) is 0 Å². The highest BCUT2D eigenvalue weighted by Gasteiger charge is 2.17. The Morgan fingerprint density at radius 1 is 1.37 bits per heavy atom. The van der Waals surface area contributed by atoms with Crippen molar-refractivity contribution >= 4 is 12.4 Å². The summed E-state index contributed by atoms with van der Waals surface area (Å²) in [4.78, 5) is 4.26. The van der Waals surface area contributed by atoms with E-state index in [9.17, 15) is 0 Å². The molecule has 0 aliphatic heterocycles. The Kier molecular flexibility index (Phi) is 5.75. The van der Waals surface area contributed by atoms with Gasteiger partial charge in [0.05, 0.1) is 7.11 Å². The van der Waals surface area contributed by atoms with Crippen LogP contribution in [-0.2, 0) is 4.74 Å². The van der Waals surface area contributed by atoms with Crippen LogP contribution in [0.3, 0.4) is 0 Å². The van der Waals surface area contributed by atoms with Crippen LogP contribution in [0.15, 0.2) is 28.8 Å². The van der Waals surface area contributed by atoms with E-state index in [4.69, 9.17) is 19.7 Å². The molecule has 0 amide bonds. The predicted octanol–water partition coefficient (Wildman–Crippen LogP) is 1.81. The quantitative estimate of drug-likeness (QED) is 0.902. The first-order valence-electron chi connectivity index (χ1n) is 5.49. The molecule has 0 fully saturated rings. The number of nitrogens with two attached hydrogens (primary N) is 1. The van der Waals surface area contributed by atoms with Crippen LogP contribution >= 0.6 is 12.4 Å². The number of benzene rings is 1. The third-order valence-corrected chi connectivity index (χ3v) is 2.54. The second-order valence-electron chi connectivity index (χ2n) is 3.65. The molecule has 2 N–H and O–H groups in total. The lowest BCUT2D eigenvalue weighted by molar-refractivity contribution is 0.0804. The molecular weight excluding hydrogens is 270 g/mol. The average molecular weight is 286 g/mol. The van der Waals surface area contributed by atoms with Gasteiger partial charge in [0.25, 0.3) is 5.89 Å². The van der Waals surface area contributed by atoms with Crippen LogP contribution in [-0.4, -0.2) is 30.9 Å². The van der Waals surface area contributed by atoms with Gasteiger partial charge in [-0.15, -0.1) is 12.4 Å². The van der Waals surface area contributed by atoms with E-state index >= 15 is 0 Å². The van der Waals surface area contributed by atoms with Crippen molar-refractivity contribution in [3.05, 3.63) is 30.2 Å². The molecule has 0 aliphatic rings. The Morgan fingerprint density at radius 2 is 2.16 bits per heavy atom. The van der Waals surface area contributed by atoms with Crippen LogP contribution in [0.5, 0.6) is 5.75 Å². The predicted molar refractivity (Wildman–Crippen MR) is 72.3 cm³/mol. The first-order valence-corrected chi connectivity index (χ1v) is 5.49. The number of halogens is 1. The minimum atomic E-state index is -0.378. The van der Waals surface area contributed by atoms with Gasteiger partial charge in [-0.3, -0.25) is 0 Å². The lowest BCUT2D eigenvalue weighted by atomic mass is 10.2. The van der Waals surface area contributed by atoms with Crippen LogP contribution in [0.4, 0.5) is 0 Å². The summed E-state index contributed by atoms with van der Waals surface area (Å²) in [5.74, 6) is 1.60. The van der Waals surface area contributed by atoms with E-state index in [-0.39, 0.29) is 25.1 Å². The molecule has 0 bridgehead atoms. The van der Waals surface area contributed by atoms with Crippen molar-refractivity contribution in [1.82, 2.24) is 10.1 Å². The third kappa shape index (κ3) is 3.44. The maximum Gasteiger partial charge on any atom is 0.257 e. The van der Waals surface area contributed by atoms with Crippen molar-refractivity contribution in [2.24, 2.45) is 5.73 Å². The molecule has 1 heterocycles. The van der Waals surface area contributed by atoms with Gasteiger partial charge in [0.15, 0.2) is 0 Å². The average Bonchev–Trinajstić information content (AvgIpc) is 2.90. The Balaban J connectivity index is 0.00000180. The van der Waals surface area contributed by atoms with E-state index in [2.05, 4.69) is 10.1 Å². The zero-order valence-electron chi connectivity index (χ0n) is 10.7. The molecular formula is C12H16ClN3O3. The Hall–Kier alpha value is -1.63. The topological polar surface area (TPSA) is 83.4 Å². The zero-order valence-corrected chi connectivity index (χ0v) is 11.5. The largest absolute Gasteiger partial charge is 0.497 e. The second-order valence-corrected chi connectivity index (χ2v) is 3.65. The first kappa shape index (κ1) is 15.4. The standard InChI is InChI=1S/C12H15N3O3.ClH/c1-16-9-5-3-4-8(6-9)11-14-12(18-15-11)10(7-13)17-2;/h3-6,10H,7,13H2,1-2H3;1H. The molecule has 7 heteroatoms. The highest BCUT2D eigenvalue weighted by Crippen LogP contribution is 2.23. The summed E-state index contributed by atoms with van der Waals surface area (Å²) in [5.41, 5.74) is 6.35. The van der Waals surface area contributed by atoms with Crippen molar-refractivity contribution < 1.29 is 14.0 Å². The molecule has 1 aromatic carbocycles. The van der Waals surface area contributed by atoms with Gasteiger partial charge >= 0.3 is 0 Å². The van der Waals surface area contributed by atoms with Crippen LogP contribution in [0.25, 0.3) is 11.4 Å². The normalized spacial score (nSPS) is 11.7. The van der Waals surface area contributed by atoms with Crippen molar-refractivity contribution in [3.8, 4) is 17.1 Å². The van der Waals surface area contributed by atoms with E-state index in [1.165, 1.54) is 0 Å².